The molecule has 3 aromatic heterocycles. The lowest BCUT2D eigenvalue weighted by atomic mass is 10.2. The number of alkyl halides is 3. The molecule has 1 aliphatic heterocycles. The molecule has 3 aromatic rings. The van der Waals surface area contributed by atoms with Gasteiger partial charge in [-0.25, -0.2) is 4.98 Å². The van der Waals surface area contributed by atoms with Gasteiger partial charge >= 0.3 is 6.18 Å². The van der Waals surface area contributed by atoms with Crippen molar-refractivity contribution in [3.8, 4) is 17.2 Å². The van der Waals surface area contributed by atoms with Gasteiger partial charge in [-0.2, -0.15) is 13.2 Å². The number of carbonyl (C=O) groups is 1. The van der Waals surface area contributed by atoms with Crippen LogP contribution in [0.4, 0.5) is 13.2 Å². The summed E-state index contributed by atoms with van der Waals surface area (Å²) >= 11 is 0. The van der Waals surface area contributed by atoms with Crippen molar-refractivity contribution in [2.24, 2.45) is 0 Å². The molecule has 150 valence electrons. The molecular weight excluding hydrogens is 389 g/mol. The minimum Gasteiger partial charge on any atom is -0.472 e. The molecule has 0 unspecified atom stereocenters. The third-order valence-electron chi connectivity index (χ3n) is 4.46. The smallest absolute Gasteiger partial charge is 0.416 e. The van der Waals surface area contributed by atoms with Crippen LogP contribution in [-0.4, -0.2) is 45.1 Å². The number of pyridine rings is 2. The van der Waals surface area contributed by atoms with E-state index >= 15 is 0 Å². The quantitative estimate of drug-likeness (QED) is 0.663. The number of halogens is 3. The van der Waals surface area contributed by atoms with Crippen molar-refractivity contribution >= 4 is 5.91 Å². The topological polar surface area (TPSA) is 81.4 Å². The fourth-order valence-corrected chi connectivity index (χ4v) is 3.01. The molecule has 4 heterocycles. The molecule has 4 rings (SSSR count). The molecule has 0 radical (unpaired) electrons. The highest BCUT2D eigenvalue weighted by atomic mass is 19.4. The Kier molecular flexibility index (Phi) is 4.91. The van der Waals surface area contributed by atoms with E-state index in [2.05, 4.69) is 15.1 Å². The third kappa shape index (κ3) is 4.20. The first kappa shape index (κ1) is 18.9. The van der Waals surface area contributed by atoms with Crippen LogP contribution < -0.4 is 4.74 Å². The summed E-state index contributed by atoms with van der Waals surface area (Å²) in [5.74, 6) is -0.0481. The third-order valence-corrected chi connectivity index (χ3v) is 4.46. The minimum atomic E-state index is -4.47. The van der Waals surface area contributed by atoms with E-state index in [1.54, 1.807) is 24.5 Å². The van der Waals surface area contributed by atoms with E-state index in [1.807, 2.05) is 0 Å². The lowest BCUT2D eigenvalue weighted by Gasteiger charge is -2.16. The van der Waals surface area contributed by atoms with Gasteiger partial charge in [0.2, 0.25) is 5.88 Å². The first-order valence-electron chi connectivity index (χ1n) is 8.76. The van der Waals surface area contributed by atoms with Crippen LogP contribution in [0.3, 0.4) is 0 Å². The minimum absolute atomic E-state index is 0.126. The van der Waals surface area contributed by atoms with Crippen molar-refractivity contribution in [1.29, 1.82) is 0 Å². The van der Waals surface area contributed by atoms with Gasteiger partial charge in [-0.1, -0.05) is 5.16 Å². The predicted molar refractivity (Wildman–Crippen MR) is 93.9 cm³/mol. The number of likely N-dealkylation sites (tertiary alicyclic amines) is 1. The molecule has 0 N–H and O–H groups in total. The number of aromatic nitrogens is 3. The van der Waals surface area contributed by atoms with Gasteiger partial charge < -0.3 is 14.2 Å². The maximum Gasteiger partial charge on any atom is 0.416 e. The van der Waals surface area contributed by atoms with Crippen molar-refractivity contribution in [3.05, 3.63) is 60.2 Å². The maximum absolute atomic E-state index is 12.8. The van der Waals surface area contributed by atoms with Crippen molar-refractivity contribution in [3.63, 3.8) is 0 Å². The van der Waals surface area contributed by atoms with Gasteiger partial charge in [0.05, 0.1) is 12.1 Å². The molecule has 0 saturated carbocycles. The molecule has 1 amide bonds. The average molecular weight is 404 g/mol. The summed E-state index contributed by atoms with van der Waals surface area (Å²) in [5, 5.41) is 3.81. The molecule has 1 saturated heterocycles. The fourth-order valence-electron chi connectivity index (χ4n) is 3.01. The first-order chi connectivity index (χ1) is 13.9. The molecule has 0 aliphatic carbocycles. The Bertz CT molecular complexity index is 1010. The number of ether oxygens (including phenoxy) is 1. The second-order valence-electron chi connectivity index (χ2n) is 6.48. The van der Waals surface area contributed by atoms with Gasteiger partial charge in [0.25, 0.3) is 5.91 Å². The molecule has 7 nitrogen and oxygen atoms in total. The Balaban J connectivity index is 1.40. The monoisotopic (exact) mass is 404 g/mol. The highest BCUT2D eigenvalue weighted by Gasteiger charge is 2.33. The highest BCUT2D eigenvalue weighted by Crippen LogP contribution is 2.31. The van der Waals surface area contributed by atoms with E-state index in [0.29, 0.717) is 24.3 Å². The van der Waals surface area contributed by atoms with Crippen LogP contribution in [0.15, 0.2) is 53.4 Å². The molecular formula is C19H15F3N4O3. The van der Waals surface area contributed by atoms with E-state index in [0.717, 1.165) is 18.3 Å². The standard InChI is InChI=1S/C19H15F3N4O3/c20-19(21,22)13-3-6-24-17(8-13)28-14-4-7-26(11-14)18(27)15-9-16(29-25-15)12-2-1-5-23-10-12/h1-3,5-6,8-10,14H,4,7,11H2/t14-/m0/s1. The molecule has 1 fully saturated rings. The number of hydrogen-bond acceptors (Lipinski definition) is 6. The molecule has 1 atom stereocenters. The normalized spacial score (nSPS) is 16.8. The van der Waals surface area contributed by atoms with Gasteiger partial charge in [-0.05, 0) is 18.2 Å². The molecule has 29 heavy (non-hydrogen) atoms. The van der Waals surface area contributed by atoms with E-state index in [1.165, 1.54) is 11.0 Å². The lowest BCUT2D eigenvalue weighted by molar-refractivity contribution is -0.137. The molecule has 0 aromatic carbocycles. The van der Waals surface area contributed by atoms with Gasteiger partial charge in [0, 0.05) is 49.3 Å². The number of rotatable bonds is 4. The van der Waals surface area contributed by atoms with Crippen molar-refractivity contribution < 1.29 is 27.2 Å². The zero-order valence-electron chi connectivity index (χ0n) is 15.0. The predicted octanol–water partition coefficient (Wildman–Crippen LogP) is 3.44. The summed E-state index contributed by atoms with van der Waals surface area (Å²) in [6.07, 6.45) is -0.203. The Labute approximate surface area is 163 Å². The average Bonchev–Trinajstić information content (AvgIpc) is 3.38. The SMILES string of the molecule is O=C(c1cc(-c2cccnc2)on1)N1CC[C@H](Oc2cc(C(F)(F)F)ccn2)C1. The summed E-state index contributed by atoms with van der Waals surface area (Å²) in [6.45, 7) is 0.601. The summed E-state index contributed by atoms with van der Waals surface area (Å²) in [6, 6.07) is 6.78. The number of hydrogen-bond donors (Lipinski definition) is 0. The van der Waals surface area contributed by atoms with Crippen LogP contribution in [0.1, 0.15) is 22.5 Å². The van der Waals surface area contributed by atoms with Gasteiger partial charge in [0.15, 0.2) is 11.5 Å². The molecule has 1 aliphatic rings. The summed E-state index contributed by atoms with van der Waals surface area (Å²) in [5.41, 5.74) is -0.00189. The van der Waals surface area contributed by atoms with Crippen LogP contribution in [0, 0.1) is 0 Å². The van der Waals surface area contributed by atoms with E-state index in [9.17, 15) is 18.0 Å². The Morgan fingerprint density at radius 1 is 1.24 bits per heavy atom. The van der Waals surface area contributed by atoms with Crippen LogP contribution in [-0.2, 0) is 6.18 Å². The molecule has 0 bridgehead atoms. The largest absolute Gasteiger partial charge is 0.472 e. The fraction of sp³-hybridized carbons (Fsp3) is 0.263. The number of nitrogens with zero attached hydrogens (tertiary/aromatic N) is 4. The van der Waals surface area contributed by atoms with E-state index in [-0.39, 0.29) is 24.0 Å². The molecule has 10 heteroatoms. The summed E-state index contributed by atoms with van der Waals surface area (Å²) in [7, 11) is 0. The second kappa shape index (κ2) is 7.53. The zero-order chi connectivity index (χ0) is 20.4. The van der Waals surface area contributed by atoms with Crippen LogP contribution in [0.5, 0.6) is 5.88 Å². The van der Waals surface area contributed by atoms with Crippen LogP contribution in [0.25, 0.3) is 11.3 Å². The van der Waals surface area contributed by atoms with Crippen molar-refractivity contribution in [2.75, 3.05) is 13.1 Å². The van der Waals surface area contributed by atoms with E-state index < -0.39 is 17.8 Å². The second-order valence-corrected chi connectivity index (χ2v) is 6.48. The highest BCUT2D eigenvalue weighted by molar-refractivity contribution is 5.93. The van der Waals surface area contributed by atoms with Gasteiger partial charge in [-0.15, -0.1) is 0 Å². The number of carbonyl (C=O) groups excluding carboxylic acids is 1. The Hall–Kier alpha value is -3.43. The molecule has 0 spiro atoms. The summed E-state index contributed by atoms with van der Waals surface area (Å²) in [4.78, 5) is 22.0. The Morgan fingerprint density at radius 3 is 2.86 bits per heavy atom. The van der Waals surface area contributed by atoms with Gasteiger partial charge in [-0.3, -0.25) is 9.78 Å². The lowest BCUT2D eigenvalue weighted by Crippen LogP contribution is -2.31. The van der Waals surface area contributed by atoms with E-state index in [4.69, 9.17) is 9.26 Å². The summed E-state index contributed by atoms with van der Waals surface area (Å²) < 4.78 is 49.2. The van der Waals surface area contributed by atoms with Crippen molar-refractivity contribution in [1.82, 2.24) is 20.0 Å². The van der Waals surface area contributed by atoms with Crippen LogP contribution >= 0.6 is 0 Å². The first-order valence-corrected chi connectivity index (χ1v) is 8.76. The Morgan fingerprint density at radius 2 is 2.10 bits per heavy atom. The van der Waals surface area contributed by atoms with Crippen molar-refractivity contribution in [2.45, 2.75) is 18.7 Å². The zero-order valence-corrected chi connectivity index (χ0v) is 15.0. The van der Waals surface area contributed by atoms with Crippen LogP contribution in [0.2, 0.25) is 0 Å². The van der Waals surface area contributed by atoms with Gasteiger partial charge in [0.1, 0.15) is 6.10 Å². The maximum atomic E-state index is 12.8. The number of amides is 1.